The molecule has 0 aromatic heterocycles. The van der Waals surface area contributed by atoms with Gasteiger partial charge in [0.2, 0.25) is 0 Å². The van der Waals surface area contributed by atoms with Crippen molar-refractivity contribution < 1.29 is 9.94 Å². The quantitative estimate of drug-likeness (QED) is 0.313. The predicted molar refractivity (Wildman–Crippen MR) is 67.4 cm³/mol. The van der Waals surface area contributed by atoms with Crippen LogP contribution < -0.4 is 15.8 Å². The van der Waals surface area contributed by atoms with E-state index in [-0.39, 0.29) is 17.9 Å². The number of nitrogens with zero attached hydrogens (tertiary/aromatic N) is 1. The molecule has 0 spiro atoms. The lowest BCUT2D eigenvalue weighted by molar-refractivity contribution is 0.314. The number of methoxy groups -OCH3 is 1. The van der Waals surface area contributed by atoms with Crippen LogP contribution in [0.15, 0.2) is 29.4 Å². The zero-order valence-corrected chi connectivity index (χ0v) is 10.3. The van der Waals surface area contributed by atoms with Gasteiger partial charge in [-0.15, -0.1) is 0 Å². The van der Waals surface area contributed by atoms with E-state index in [1.54, 1.807) is 7.11 Å². The second kappa shape index (κ2) is 6.10. The van der Waals surface area contributed by atoms with Gasteiger partial charge in [0, 0.05) is 6.04 Å². The Bertz CT molecular complexity index is 376. The van der Waals surface area contributed by atoms with Gasteiger partial charge in [-0.3, -0.25) is 0 Å². The molecule has 0 saturated carbocycles. The number of nitrogens with one attached hydrogen (secondary N) is 1. The molecule has 0 bridgehead atoms. The van der Waals surface area contributed by atoms with Crippen molar-refractivity contribution >= 4 is 5.84 Å². The van der Waals surface area contributed by atoms with E-state index in [0.717, 1.165) is 11.3 Å². The van der Waals surface area contributed by atoms with Gasteiger partial charge in [0.1, 0.15) is 5.75 Å². The Morgan fingerprint density at radius 1 is 1.35 bits per heavy atom. The standard InChI is InChI=1S/C12H19N3O2/c1-8(14-9(2)12(13)15-16)10-4-6-11(17-3)7-5-10/h4-9,14,16H,1-3H3,(H2,13,15)/t8-,9?/m0/s1. The molecule has 2 atom stereocenters. The van der Waals surface area contributed by atoms with E-state index in [1.165, 1.54) is 0 Å². The van der Waals surface area contributed by atoms with Gasteiger partial charge in [-0.05, 0) is 31.5 Å². The Kier molecular flexibility index (Phi) is 4.78. The van der Waals surface area contributed by atoms with Gasteiger partial charge in [0.05, 0.1) is 13.2 Å². The number of ether oxygens (including phenoxy) is 1. The van der Waals surface area contributed by atoms with Crippen LogP contribution in [0.2, 0.25) is 0 Å². The number of oxime groups is 1. The highest BCUT2D eigenvalue weighted by atomic mass is 16.5. The summed E-state index contributed by atoms with van der Waals surface area (Å²) in [4.78, 5) is 0. The first-order chi connectivity index (χ1) is 8.08. The fraction of sp³-hybridized carbons (Fsp3) is 0.417. The van der Waals surface area contributed by atoms with Crippen molar-refractivity contribution in [3.05, 3.63) is 29.8 Å². The summed E-state index contributed by atoms with van der Waals surface area (Å²) in [5.74, 6) is 0.996. The van der Waals surface area contributed by atoms with Gasteiger partial charge in [-0.25, -0.2) is 0 Å². The molecule has 4 N–H and O–H groups in total. The maximum Gasteiger partial charge on any atom is 0.156 e. The topological polar surface area (TPSA) is 79.9 Å². The largest absolute Gasteiger partial charge is 0.497 e. The average Bonchev–Trinajstić information content (AvgIpc) is 2.37. The summed E-state index contributed by atoms with van der Waals surface area (Å²) in [7, 11) is 1.64. The maximum absolute atomic E-state index is 8.56. The fourth-order valence-electron chi connectivity index (χ4n) is 1.54. The molecule has 5 heteroatoms. The SMILES string of the molecule is COc1ccc([C@H](C)NC(C)/C(N)=N/O)cc1. The normalized spacial score (nSPS) is 15.4. The first kappa shape index (κ1) is 13.3. The van der Waals surface area contributed by atoms with Gasteiger partial charge in [0.25, 0.3) is 0 Å². The summed E-state index contributed by atoms with van der Waals surface area (Å²) in [5, 5.41) is 14.8. The molecule has 0 aliphatic rings. The van der Waals surface area contributed by atoms with Gasteiger partial charge in [0.15, 0.2) is 5.84 Å². The van der Waals surface area contributed by atoms with Crippen molar-refractivity contribution in [2.24, 2.45) is 10.9 Å². The average molecular weight is 237 g/mol. The molecular weight excluding hydrogens is 218 g/mol. The molecule has 1 aromatic carbocycles. The third kappa shape index (κ3) is 3.64. The molecule has 1 rings (SSSR count). The van der Waals surface area contributed by atoms with E-state index in [9.17, 15) is 0 Å². The van der Waals surface area contributed by atoms with Crippen LogP contribution in [-0.2, 0) is 0 Å². The van der Waals surface area contributed by atoms with Crippen LogP contribution in [0.1, 0.15) is 25.5 Å². The lowest BCUT2D eigenvalue weighted by atomic mass is 10.1. The van der Waals surface area contributed by atoms with Crippen LogP contribution in [0.4, 0.5) is 0 Å². The molecular formula is C12H19N3O2. The zero-order chi connectivity index (χ0) is 12.8. The van der Waals surface area contributed by atoms with Crippen LogP contribution in [0.25, 0.3) is 0 Å². The summed E-state index contributed by atoms with van der Waals surface area (Å²) < 4.78 is 5.09. The number of hydrogen-bond acceptors (Lipinski definition) is 4. The van der Waals surface area contributed by atoms with Crippen molar-refractivity contribution in [3.63, 3.8) is 0 Å². The second-order valence-corrected chi connectivity index (χ2v) is 3.91. The third-order valence-corrected chi connectivity index (χ3v) is 2.67. The van der Waals surface area contributed by atoms with Crippen LogP contribution in [-0.4, -0.2) is 24.2 Å². The number of amidine groups is 1. The van der Waals surface area contributed by atoms with Crippen molar-refractivity contribution in [1.29, 1.82) is 0 Å². The van der Waals surface area contributed by atoms with E-state index in [1.807, 2.05) is 38.1 Å². The smallest absolute Gasteiger partial charge is 0.156 e. The molecule has 0 aliphatic carbocycles. The molecule has 0 radical (unpaired) electrons. The monoisotopic (exact) mass is 237 g/mol. The van der Waals surface area contributed by atoms with Crippen LogP contribution in [0.5, 0.6) is 5.75 Å². The minimum absolute atomic E-state index is 0.108. The summed E-state index contributed by atoms with van der Waals surface area (Å²) in [6.07, 6.45) is 0. The molecule has 0 heterocycles. The Morgan fingerprint density at radius 2 is 1.94 bits per heavy atom. The van der Waals surface area contributed by atoms with Gasteiger partial charge < -0.3 is 21.0 Å². The Labute approximate surface area is 101 Å². The molecule has 0 aliphatic heterocycles. The van der Waals surface area contributed by atoms with E-state index in [0.29, 0.717) is 0 Å². The van der Waals surface area contributed by atoms with E-state index in [2.05, 4.69) is 10.5 Å². The van der Waals surface area contributed by atoms with Crippen molar-refractivity contribution in [2.75, 3.05) is 7.11 Å². The fourth-order valence-corrected chi connectivity index (χ4v) is 1.54. The Morgan fingerprint density at radius 3 is 2.41 bits per heavy atom. The summed E-state index contributed by atoms with van der Waals surface area (Å²) >= 11 is 0. The minimum atomic E-state index is -0.183. The van der Waals surface area contributed by atoms with E-state index < -0.39 is 0 Å². The van der Waals surface area contributed by atoms with Crippen molar-refractivity contribution in [3.8, 4) is 5.75 Å². The van der Waals surface area contributed by atoms with Crippen LogP contribution in [0.3, 0.4) is 0 Å². The Hall–Kier alpha value is -1.75. The highest BCUT2D eigenvalue weighted by molar-refractivity contribution is 5.84. The molecule has 17 heavy (non-hydrogen) atoms. The molecule has 94 valence electrons. The third-order valence-electron chi connectivity index (χ3n) is 2.67. The lowest BCUT2D eigenvalue weighted by Crippen LogP contribution is -2.40. The molecule has 1 aromatic rings. The van der Waals surface area contributed by atoms with Crippen molar-refractivity contribution in [2.45, 2.75) is 25.9 Å². The number of nitrogens with two attached hydrogens (primary N) is 1. The van der Waals surface area contributed by atoms with Gasteiger partial charge in [-0.1, -0.05) is 17.3 Å². The zero-order valence-electron chi connectivity index (χ0n) is 10.3. The highest BCUT2D eigenvalue weighted by Gasteiger charge is 2.12. The first-order valence-electron chi connectivity index (χ1n) is 5.46. The number of benzene rings is 1. The first-order valence-corrected chi connectivity index (χ1v) is 5.46. The summed E-state index contributed by atoms with van der Waals surface area (Å²) in [6, 6.07) is 7.70. The Balaban J connectivity index is 2.66. The van der Waals surface area contributed by atoms with Crippen LogP contribution >= 0.6 is 0 Å². The molecule has 5 nitrogen and oxygen atoms in total. The van der Waals surface area contributed by atoms with E-state index in [4.69, 9.17) is 15.7 Å². The predicted octanol–water partition coefficient (Wildman–Crippen LogP) is 1.48. The molecule has 0 saturated heterocycles. The number of hydrogen-bond donors (Lipinski definition) is 3. The lowest BCUT2D eigenvalue weighted by Gasteiger charge is -2.19. The molecule has 1 unspecified atom stereocenters. The molecule has 0 amide bonds. The maximum atomic E-state index is 8.56. The van der Waals surface area contributed by atoms with E-state index >= 15 is 0 Å². The number of rotatable bonds is 5. The summed E-state index contributed by atoms with van der Waals surface area (Å²) in [6.45, 7) is 3.86. The second-order valence-electron chi connectivity index (χ2n) is 3.91. The molecule has 0 fully saturated rings. The minimum Gasteiger partial charge on any atom is -0.497 e. The van der Waals surface area contributed by atoms with Crippen LogP contribution in [0, 0.1) is 0 Å². The van der Waals surface area contributed by atoms with Gasteiger partial charge >= 0.3 is 0 Å². The van der Waals surface area contributed by atoms with Crippen molar-refractivity contribution in [1.82, 2.24) is 5.32 Å². The summed E-state index contributed by atoms with van der Waals surface area (Å²) in [5.41, 5.74) is 6.62. The highest BCUT2D eigenvalue weighted by Crippen LogP contribution is 2.17. The van der Waals surface area contributed by atoms with Gasteiger partial charge in [-0.2, -0.15) is 0 Å².